The molecule has 0 spiro atoms. The van der Waals surface area contributed by atoms with Crippen molar-refractivity contribution in [3.05, 3.63) is 59.7 Å². The molecule has 0 aromatic heterocycles. The molecule has 2 amide bonds. The van der Waals surface area contributed by atoms with E-state index < -0.39 is 15.9 Å². The topological polar surface area (TPSA) is 67.4 Å². The van der Waals surface area contributed by atoms with E-state index in [2.05, 4.69) is 10.6 Å². The van der Waals surface area contributed by atoms with Crippen molar-refractivity contribution in [1.29, 1.82) is 0 Å². The third kappa shape index (κ3) is 6.09. The van der Waals surface area contributed by atoms with Crippen molar-refractivity contribution in [2.45, 2.75) is 23.9 Å². The summed E-state index contributed by atoms with van der Waals surface area (Å²) in [7, 11) is 0. The predicted molar refractivity (Wildman–Crippen MR) is 104 cm³/mol. The number of hydrogen-bond acceptors (Lipinski definition) is 3. The van der Waals surface area contributed by atoms with Crippen LogP contribution in [0.5, 0.6) is 5.75 Å². The van der Waals surface area contributed by atoms with Crippen molar-refractivity contribution in [3.8, 4) is 5.75 Å². The number of nitrogens with one attached hydrogen (secondary N) is 2. The Morgan fingerprint density at radius 3 is 2.38 bits per heavy atom. The van der Waals surface area contributed by atoms with Crippen LogP contribution in [0.2, 0.25) is 0 Å². The monoisotopic (exact) mass is 414 g/mol. The largest absolute Gasteiger partial charge is 0.466 e. The van der Waals surface area contributed by atoms with E-state index in [1.165, 1.54) is 6.92 Å². The highest BCUT2D eigenvalue weighted by Crippen LogP contribution is 2.32. The predicted octanol–water partition coefficient (Wildman–Crippen LogP) is 4.46. The Bertz CT molecular complexity index is 806. The fourth-order valence-electron chi connectivity index (χ4n) is 2.15. The van der Waals surface area contributed by atoms with Gasteiger partial charge in [0.2, 0.25) is 15.9 Å². The van der Waals surface area contributed by atoms with E-state index in [0.717, 1.165) is 5.56 Å². The minimum Gasteiger partial charge on any atom is -0.466 e. The number of amides is 2. The lowest BCUT2D eigenvalue weighted by atomic mass is 10.1. The number of anilines is 1. The Morgan fingerprint density at radius 1 is 1.08 bits per heavy atom. The molecule has 138 valence electrons. The van der Waals surface area contributed by atoms with Crippen molar-refractivity contribution < 1.29 is 14.3 Å². The number of aryl methyl sites for hydroxylation is 1. The SMILES string of the molecule is CC(=O)Nc1cccc(O[C@H](NC(=O)c2cccc(C)c2)C(Cl)(Cl)Cl)c1. The molecule has 0 bridgehead atoms. The van der Waals surface area contributed by atoms with Gasteiger partial charge in [-0.3, -0.25) is 9.59 Å². The lowest BCUT2D eigenvalue weighted by Crippen LogP contribution is -2.47. The molecular formula is C18H17Cl3N2O3. The summed E-state index contributed by atoms with van der Waals surface area (Å²) < 4.78 is 3.73. The number of alkyl halides is 3. The van der Waals surface area contributed by atoms with Crippen LogP contribution in [-0.4, -0.2) is 21.8 Å². The Labute approximate surface area is 166 Å². The average molecular weight is 416 g/mol. The van der Waals surface area contributed by atoms with E-state index >= 15 is 0 Å². The molecule has 0 heterocycles. The van der Waals surface area contributed by atoms with Gasteiger partial charge in [0.25, 0.3) is 5.91 Å². The van der Waals surface area contributed by atoms with Gasteiger partial charge in [0, 0.05) is 24.2 Å². The molecule has 0 aliphatic rings. The number of ether oxygens (including phenoxy) is 1. The first-order chi connectivity index (χ1) is 12.1. The average Bonchev–Trinajstić information content (AvgIpc) is 2.53. The summed E-state index contributed by atoms with van der Waals surface area (Å²) >= 11 is 17.9. The molecule has 5 nitrogen and oxygen atoms in total. The van der Waals surface area contributed by atoms with Crippen LogP contribution in [0.4, 0.5) is 5.69 Å². The second kappa shape index (κ2) is 8.62. The Kier molecular flexibility index (Phi) is 6.75. The minimum absolute atomic E-state index is 0.229. The fourth-order valence-corrected chi connectivity index (χ4v) is 2.45. The van der Waals surface area contributed by atoms with E-state index in [4.69, 9.17) is 39.5 Å². The maximum atomic E-state index is 12.4. The molecular weight excluding hydrogens is 399 g/mol. The lowest BCUT2D eigenvalue weighted by Gasteiger charge is -2.26. The lowest BCUT2D eigenvalue weighted by molar-refractivity contribution is -0.114. The van der Waals surface area contributed by atoms with Gasteiger partial charge < -0.3 is 15.4 Å². The zero-order valence-electron chi connectivity index (χ0n) is 14.1. The van der Waals surface area contributed by atoms with Gasteiger partial charge in [-0.15, -0.1) is 0 Å². The van der Waals surface area contributed by atoms with Crippen LogP contribution in [0, 0.1) is 6.92 Å². The van der Waals surface area contributed by atoms with Crippen LogP contribution in [0.15, 0.2) is 48.5 Å². The summed E-state index contributed by atoms with van der Waals surface area (Å²) in [6.07, 6.45) is -1.24. The van der Waals surface area contributed by atoms with Gasteiger partial charge in [-0.2, -0.15) is 0 Å². The van der Waals surface area contributed by atoms with Crippen LogP contribution in [-0.2, 0) is 4.79 Å². The molecule has 1 atom stereocenters. The van der Waals surface area contributed by atoms with Gasteiger partial charge in [-0.25, -0.2) is 0 Å². The third-order valence-electron chi connectivity index (χ3n) is 3.25. The van der Waals surface area contributed by atoms with Gasteiger partial charge in [-0.05, 0) is 31.2 Å². The minimum atomic E-state index is -1.91. The number of benzene rings is 2. The number of hydrogen-bond donors (Lipinski definition) is 2. The van der Waals surface area contributed by atoms with Crippen LogP contribution in [0.1, 0.15) is 22.8 Å². The van der Waals surface area contributed by atoms with E-state index in [1.807, 2.05) is 13.0 Å². The second-order valence-corrected chi connectivity index (χ2v) is 7.96. The van der Waals surface area contributed by atoms with Gasteiger partial charge in [-0.1, -0.05) is 58.6 Å². The van der Waals surface area contributed by atoms with Crippen molar-refractivity contribution in [2.75, 3.05) is 5.32 Å². The highest BCUT2D eigenvalue weighted by Gasteiger charge is 2.36. The zero-order valence-corrected chi connectivity index (χ0v) is 16.3. The quantitative estimate of drug-likeness (QED) is 0.560. The summed E-state index contributed by atoms with van der Waals surface area (Å²) in [5.74, 6) is -0.354. The molecule has 0 fully saturated rings. The molecule has 0 radical (unpaired) electrons. The molecule has 0 unspecified atom stereocenters. The van der Waals surface area contributed by atoms with Crippen LogP contribution >= 0.6 is 34.8 Å². The van der Waals surface area contributed by atoms with E-state index in [9.17, 15) is 9.59 Å². The standard InChI is InChI=1S/C18H17Cl3N2O3/c1-11-5-3-6-13(9-11)16(25)23-17(18(19,20)21)26-15-8-4-7-14(10-15)22-12(2)24/h3-10,17H,1-2H3,(H,22,24)(H,23,25)/t17-/m0/s1. The second-order valence-electron chi connectivity index (χ2n) is 5.59. The summed E-state index contributed by atoms with van der Waals surface area (Å²) in [5, 5.41) is 5.19. The summed E-state index contributed by atoms with van der Waals surface area (Å²) in [6.45, 7) is 3.26. The van der Waals surface area contributed by atoms with Crippen LogP contribution in [0.25, 0.3) is 0 Å². The van der Waals surface area contributed by atoms with E-state index in [0.29, 0.717) is 17.0 Å². The number of carbonyl (C=O) groups excluding carboxylic acids is 2. The van der Waals surface area contributed by atoms with Crippen LogP contribution in [0.3, 0.4) is 0 Å². The van der Waals surface area contributed by atoms with Gasteiger partial charge in [0.15, 0.2) is 0 Å². The normalized spacial score (nSPS) is 12.2. The van der Waals surface area contributed by atoms with Crippen molar-refractivity contribution >= 4 is 52.3 Å². The molecule has 0 saturated carbocycles. The molecule has 0 saturated heterocycles. The van der Waals surface area contributed by atoms with E-state index in [-0.39, 0.29) is 5.91 Å². The maximum Gasteiger partial charge on any atom is 0.254 e. The molecule has 2 N–H and O–H groups in total. The molecule has 26 heavy (non-hydrogen) atoms. The zero-order chi connectivity index (χ0) is 19.3. The highest BCUT2D eigenvalue weighted by atomic mass is 35.6. The van der Waals surface area contributed by atoms with Crippen molar-refractivity contribution in [3.63, 3.8) is 0 Å². The summed E-state index contributed by atoms with van der Waals surface area (Å²) in [5.41, 5.74) is 1.86. The molecule has 2 aromatic rings. The summed E-state index contributed by atoms with van der Waals surface area (Å²) in [6, 6.07) is 13.5. The number of carbonyl (C=O) groups is 2. The van der Waals surface area contributed by atoms with Crippen LogP contribution < -0.4 is 15.4 Å². The molecule has 2 aromatic carbocycles. The van der Waals surface area contributed by atoms with Crippen molar-refractivity contribution in [2.24, 2.45) is 0 Å². The van der Waals surface area contributed by atoms with Gasteiger partial charge in [0.05, 0.1) is 0 Å². The Morgan fingerprint density at radius 2 is 1.77 bits per heavy atom. The van der Waals surface area contributed by atoms with E-state index in [1.54, 1.807) is 42.5 Å². The third-order valence-corrected chi connectivity index (χ3v) is 3.84. The Hall–Kier alpha value is -1.95. The first-order valence-corrected chi connectivity index (χ1v) is 8.77. The number of rotatable bonds is 5. The highest BCUT2D eigenvalue weighted by molar-refractivity contribution is 6.68. The first kappa shape index (κ1) is 20.4. The number of halogens is 3. The molecule has 8 heteroatoms. The smallest absolute Gasteiger partial charge is 0.254 e. The summed E-state index contributed by atoms with van der Waals surface area (Å²) in [4.78, 5) is 23.6. The van der Waals surface area contributed by atoms with Crippen molar-refractivity contribution in [1.82, 2.24) is 5.32 Å². The molecule has 2 rings (SSSR count). The Balaban J connectivity index is 2.18. The maximum absolute atomic E-state index is 12.4. The first-order valence-electron chi connectivity index (χ1n) is 7.64. The van der Waals surface area contributed by atoms with Gasteiger partial charge >= 0.3 is 0 Å². The fraction of sp³-hybridized carbons (Fsp3) is 0.222. The molecule has 0 aliphatic carbocycles. The van der Waals surface area contributed by atoms with Gasteiger partial charge in [0.1, 0.15) is 5.75 Å². The molecule has 0 aliphatic heterocycles.